The first-order valence-electron chi connectivity index (χ1n) is 5.91. The van der Waals surface area contributed by atoms with Gasteiger partial charge in [0.25, 0.3) is 0 Å². The molecule has 1 aromatic carbocycles. The fourth-order valence-corrected chi connectivity index (χ4v) is 1.66. The Bertz CT molecular complexity index is 386. The lowest BCUT2D eigenvalue weighted by Gasteiger charge is -2.09. The highest BCUT2D eigenvalue weighted by atomic mass is 16.5. The van der Waals surface area contributed by atoms with Gasteiger partial charge in [-0.15, -0.1) is 0 Å². The van der Waals surface area contributed by atoms with Crippen LogP contribution < -0.4 is 10.1 Å². The van der Waals surface area contributed by atoms with Crippen LogP contribution >= 0.6 is 0 Å². The highest BCUT2D eigenvalue weighted by molar-refractivity contribution is 5.82. The molecule has 0 amide bonds. The summed E-state index contributed by atoms with van der Waals surface area (Å²) in [7, 11) is 1.65. The molecule has 1 aromatic rings. The molecule has 0 aliphatic carbocycles. The molecule has 0 saturated heterocycles. The third-order valence-corrected chi connectivity index (χ3v) is 2.57. The summed E-state index contributed by atoms with van der Waals surface area (Å²) in [5.74, 6) is 1.07. The van der Waals surface area contributed by atoms with Gasteiger partial charge in [0.2, 0.25) is 0 Å². The zero-order valence-electron chi connectivity index (χ0n) is 11.0. The minimum absolute atomic E-state index is 0.211. The molecule has 0 aliphatic heterocycles. The number of hydrogen-bond acceptors (Lipinski definition) is 3. The molecular weight excluding hydrogens is 214 g/mol. The molecule has 0 fully saturated rings. The summed E-state index contributed by atoms with van der Waals surface area (Å²) in [6.07, 6.45) is 0.477. The number of nitrogens with one attached hydrogen (secondary N) is 1. The Morgan fingerprint density at radius 2 is 2.12 bits per heavy atom. The third-order valence-electron chi connectivity index (χ3n) is 2.57. The molecule has 1 N–H and O–H groups in total. The molecule has 94 valence electrons. The van der Waals surface area contributed by atoms with E-state index in [-0.39, 0.29) is 5.78 Å². The van der Waals surface area contributed by atoms with Gasteiger partial charge in [0.1, 0.15) is 5.75 Å². The molecule has 17 heavy (non-hydrogen) atoms. The summed E-state index contributed by atoms with van der Waals surface area (Å²) >= 11 is 0. The number of Topliss-reactive ketones (excluding diaryl/α,β-unsaturated/α-hetero) is 1. The van der Waals surface area contributed by atoms with Crippen molar-refractivity contribution in [2.24, 2.45) is 0 Å². The number of hydrogen-bond donors (Lipinski definition) is 1. The van der Waals surface area contributed by atoms with Crippen molar-refractivity contribution in [3.63, 3.8) is 0 Å². The van der Waals surface area contributed by atoms with Crippen molar-refractivity contribution in [1.82, 2.24) is 5.32 Å². The molecule has 0 aromatic heterocycles. The SMILES string of the molecule is COc1ccc(CC(=O)CNC(C)C)cc1C. The molecule has 3 heteroatoms. The molecule has 0 radical (unpaired) electrons. The average molecular weight is 235 g/mol. The molecule has 0 atom stereocenters. The van der Waals surface area contributed by atoms with Crippen LogP contribution in [0.3, 0.4) is 0 Å². The second-order valence-corrected chi connectivity index (χ2v) is 4.56. The predicted octanol–water partition coefficient (Wildman–Crippen LogP) is 2.11. The van der Waals surface area contributed by atoms with Crippen LogP contribution in [0.4, 0.5) is 0 Å². The van der Waals surface area contributed by atoms with Crippen LogP contribution in [0.5, 0.6) is 5.75 Å². The van der Waals surface area contributed by atoms with Crippen LogP contribution in [0.25, 0.3) is 0 Å². The Morgan fingerprint density at radius 3 is 2.65 bits per heavy atom. The molecule has 0 aliphatic rings. The van der Waals surface area contributed by atoms with Gasteiger partial charge in [-0.05, 0) is 24.1 Å². The highest BCUT2D eigenvalue weighted by Gasteiger charge is 2.06. The molecule has 0 heterocycles. The number of rotatable bonds is 6. The molecule has 3 nitrogen and oxygen atoms in total. The van der Waals surface area contributed by atoms with Crippen molar-refractivity contribution in [1.29, 1.82) is 0 Å². The first-order valence-corrected chi connectivity index (χ1v) is 5.91. The van der Waals surface area contributed by atoms with Crippen LogP contribution in [0, 0.1) is 6.92 Å². The lowest BCUT2D eigenvalue weighted by molar-refractivity contribution is -0.117. The minimum atomic E-state index is 0.211. The second kappa shape index (κ2) is 6.40. The van der Waals surface area contributed by atoms with E-state index < -0.39 is 0 Å². The summed E-state index contributed by atoms with van der Waals surface area (Å²) in [5.41, 5.74) is 2.11. The van der Waals surface area contributed by atoms with Crippen LogP contribution in [0.15, 0.2) is 18.2 Å². The van der Waals surface area contributed by atoms with Crippen LogP contribution in [0.1, 0.15) is 25.0 Å². The lowest BCUT2D eigenvalue weighted by atomic mass is 10.1. The van der Waals surface area contributed by atoms with E-state index in [0.29, 0.717) is 19.0 Å². The van der Waals surface area contributed by atoms with Crippen molar-refractivity contribution >= 4 is 5.78 Å². The van der Waals surface area contributed by atoms with Crippen LogP contribution in [0.2, 0.25) is 0 Å². The van der Waals surface area contributed by atoms with Crippen molar-refractivity contribution in [3.05, 3.63) is 29.3 Å². The largest absolute Gasteiger partial charge is 0.496 e. The monoisotopic (exact) mass is 235 g/mol. The number of ketones is 1. The molecule has 0 spiro atoms. The predicted molar refractivity (Wildman–Crippen MR) is 69.6 cm³/mol. The number of carbonyl (C=O) groups excluding carboxylic acids is 1. The smallest absolute Gasteiger partial charge is 0.150 e. The van der Waals surface area contributed by atoms with E-state index in [0.717, 1.165) is 16.9 Å². The van der Waals surface area contributed by atoms with E-state index in [9.17, 15) is 4.79 Å². The maximum absolute atomic E-state index is 11.7. The number of aryl methyl sites for hydroxylation is 1. The molecular formula is C14H21NO2. The fourth-order valence-electron chi connectivity index (χ4n) is 1.66. The van der Waals surface area contributed by atoms with E-state index in [1.54, 1.807) is 7.11 Å². The van der Waals surface area contributed by atoms with E-state index in [4.69, 9.17) is 4.74 Å². The number of methoxy groups -OCH3 is 1. The van der Waals surface area contributed by atoms with Crippen molar-refractivity contribution in [3.8, 4) is 5.75 Å². The van der Waals surface area contributed by atoms with E-state index in [1.807, 2.05) is 39.0 Å². The summed E-state index contributed by atoms with van der Waals surface area (Å²) in [6.45, 7) is 6.48. The van der Waals surface area contributed by atoms with Gasteiger partial charge in [-0.1, -0.05) is 26.0 Å². The Morgan fingerprint density at radius 1 is 1.41 bits per heavy atom. The average Bonchev–Trinajstić information content (AvgIpc) is 2.26. The van der Waals surface area contributed by atoms with E-state index in [2.05, 4.69) is 5.32 Å². The maximum atomic E-state index is 11.7. The van der Waals surface area contributed by atoms with Gasteiger partial charge in [0.05, 0.1) is 13.7 Å². The van der Waals surface area contributed by atoms with Crippen molar-refractivity contribution in [2.75, 3.05) is 13.7 Å². The van der Waals surface area contributed by atoms with Crippen molar-refractivity contribution < 1.29 is 9.53 Å². The second-order valence-electron chi connectivity index (χ2n) is 4.56. The van der Waals surface area contributed by atoms with Gasteiger partial charge < -0.3 is 10.1 Å². The van der Waals surface area contributed by atoms with Gasteiger partial charge in [-0.2, -0.15) is 0 Å². The van der Waals surface area contributed by atoms with E-state index in [1.165, 1.54) is 0 Å². The normalized spacial score (nSPS) is 10.6. The van der Waals surface area contributed by atoms with Gasteiger partial charge in [0.15, 0.2) is 5.78 Å². The van der Waals surface area contributed by atoms with Crippen LogP contribution in [-0.2, 0) is 11.2 Å². The topological polar surface area (TPSA) is 38.3 Å². The van der Waals surface area contributed by atoms with E-state index >= 15 is 0 Å². The lowest BCUT2D eigenvalue weighted by Crippen LogP contribution is -2.29. The Hall–Kier alpha value is -1.35. The van der Waals surface area contributed by atoms with Gasteiger partial charge in [0, 0.05) is 12.5 Å². The standard InChI is InChI=1S/C14H21NO2/c1-10(2)15-9-13(16)8-12-5-6-14(17-4)11(3)7-12/h5-7,10,15H,8-9H2,1-4H3. The zero-order chi connectivity index (χ0) is 12.8. The fraction of sp³-hybridized carbons (Fsp3) is 0.500. The van der Waals surface area contributed by atoms with Gasteiger partial charge in [-0.25, -0.2) is 0 Å². The number of benzene rings is 1. The molecule has 0 bridgehead atoms. The Labute approximate surface area is 103 Å². The van der Waals surface area contributed by atoms with Gasteiger partial charge >= 0.3 is 0 Å². The van der Waals surface area contributed by atoms with Gasteiger partial charge in [-0.3, -0.25) is 4.79 Å². The molecule has 1 rings (SSSR count). The first-order chi connectivity index (χ1) is 8.02. The maximum Gasteiger partial charge on any atom is 0.150 e. The summed E-state index contributed by atoms with van der Waals surface area (Å²) in [5, 5.41) is 3.13. The Balaban J connectivity index is 2.57. The summed E-state index contributed by atoms with van der Waals surface area (Å²) in [4.78, 5) is 11.7. The van der Waals surface area contributed by atoms with Crippen molar-refractivity contribution in [2.45, 2.75) is 33.2 Å². The number of carbonyl (C=O) groups is 1. The minimum Gasteiger partial charge on any atom is -0.496 e. The number of ether oxygens (including phenoxy) is 1. The highest BCUT2D eigenvalue weighted by Crippen LogP contribution is 2.18. The molecule has 0 unspecified atom stereocenters. The third kappa shape index (κ3) is 4.57. The molecule has 0 saturated carbocycles. The Kier molecular flexibility index (Phi) is 5.16. The summed E-state index contributed by atoms with van der Waals surface area (Å²) < 4.78 is 5.19. The quantitative estimate of drug-likeness (QED) is 0.820. The summed E-state index contributed by atoms with van der Waals surface area (Å²) in [6, 6.07) is 6.20. The van der Waals surface area contributed by atoms with Crippen LogP contribution in [-0.4, -0.2) is 25.5 Å². The zero-order valence-corrected chi connectivity index (χ0v) is 11.0. The first kappa shape index (κ1) is 13.7.